The molecule has 0 aromatic carbocycles. The van der Waals surface area contributed by atoms with Crippen molar-refractivity contribution in [2.24, 2.45) is 5.73 Å². The lowest BCUT2D eigenvalue weighted by atomic mass is 10.1. The van der Waals surface area contributed by atoms with Crippen LogP contribution in [-0.4, -0.2) is 28.8 Å². The molecule has 0 aliphatic carbocycles. The lowest BCUT2D eigenvalue weighted by Gasteiger charge is -2.22. The predicted molar refractivity (Wildman–Crippen MR) is 66.4 cm³/mol. The molecule has 1 aromatic rings. The molecule has 2 rings (SSSR count). The first-order valence-corrected chi connectivity index (χ1v) is 4.82. The zero-order chi connectivity index (χ0) is 9.97. The summed E-state index contributed by atoms with van der Waals surface area (Å²) in [5.41, 5.74) is 5.64. The third-order valence-electron chi connectivity index (χ3n) is 2.57. The number of nitrogens with one attached hydrogen (secondary N) is 1. The fraction of sp³-hybridized carbons (Fsp3) is 0.556. The zero-order valence-corrected chi connectivity index (χ0v) is 10.4. The third-order valence-corrected chi connectivity index (χ3v) is 2.57. The molecule has 1 aromatic heterocycles. The van der Waals surface area contributed by atoms with Gasteiger partial charge in [-0.1, -0.05) is 0 Å². The van der Waals surface area contributed by atoms with Crippen molar-refractivity contribution in [3.63, 3.8) is 0 Å². The Morgan fingerprint density at radius 3 is 2.56 bits per heavy atom. The van der Waals surface area contributed by atoms with Crippen molar-refractivity contribution in [2.45, 2.75) is 18.9 Å². The van der Waals surface area contributed by atoms with Gasteiger partial charge in [0.25, 0.3) is 5.91 Å². The monoisotopic (exact) mass is 266 g/mol. The average Bonchev–Trinajstić information content (AvgIpc) is 2.68. The molecule has 16 heavy (non-hydrogen) atoms. The molecule has 1 fully saturated rings. The number of piperidine rings is 1. The lowest BCUT2D eigenvalue weighted by Crippen LogP contribution is -2.29. The van der Waals surface area contributed by atoms with Crippen LogP contribution in [0.15, 0.2) is 12.4 Å². The molecule has 3 N–H and O–H groups in total. The van der Waals surface area contributed by atoms with Crippen LogP contribution in [0.2, 0.25) is 0 Å². The van der Waals surface area contributed by atoms with E-state index in [0.717, 1.165) is 25.9 Å². The number of nitrogens with two attached hydrogens (primary N) is 1. The first kappa shape index (κ1) is 15.2. The van der Waals surface area contributed by atoms with Gasteiger partial charge in [0.15, 0.2) is 0 Å². The second kappa shape index (κ2) is 6.73. The SMILES string of the molecule is Cl.Cl.NC(=O)c1cnn(C2CCNCC2)c1. The number of amides is 1. The van der Waals surface area contributed by atoms with E-state index in [-0.39, 0.29) is 24.8 Å². The summed E-state index contributed by atoms with van der Waals surface area (Å²) < 4.78 is 1.85. The van der Waals surface area contributed by atoms with Gasteiger partial charge in [0.2, 0.25) is 0 Å². The molecule has 0 spiro atoms. The van der Waals surface area contributed by atoms with Gasteiger partial charge in [-0.3, -0.25) is 9.48 Å². The molecular formula is C9H16Cl2N4O. The van der Waals surface area contributed by atoms with Crippen molar-refractivity contribution in [2.75, 3.05) is 13.1 Å². The molecule has 7 heteroatoms. The molecule has 2 heterocycles. The van der Waals surface area contributed by atoms with Crippen LogP contribution in [0.4, 0.5) is 0 Å². The number of primary amides is 1. The van der Waals surface area contributed by atoms with E-state index in [2.05, 4.69) is 10.4 Å². The Balaban J connectivity index is 0.00000112. The molecule has 0 radical (unpaired) electrons. The number of rotatable bonds is 2. The standard InChI is InChI=1S/C9H14N4O.2ClH/c10-9(14)7-5-12-13(6-7)8-1-3-11-4-2-8;;/h5-6,8,11H,1-4H2,(H2,10,14);2*1H. The maximum absolute atomic E-state index is 10.9. The zero-order valence-electron chi connectivity index (χ0n) is 8.76. The fourth-order valence-corrected chi connectivity index (χ4v) is 1.74. The molecule has 0 saturated carbocycles. The van der Waals surface area contributed by atoms with Crippen LogP contribution in [0, 0.1) is 0 Å². The van der Waals surface area contributed by atoms with Gasteiger partial charge in [-0.05, 0) is 25.9 Å². The Hall–Kier alpha value is -0.780. The fourth-order valence-electron chi connectivity index (χ4n) is 1.74. The van der Waals surface area contributed by atoms with Crippen molar-refractivity contribution in [3.05, 3.63) is 18.0 Å². The summed E-state index contributed by atoms with van der Waals surface area (Å²) >= 11 is 0. The minimum atomic E-state index is -0.412. The largest absolute Gasteiger partial charge is 0.366 e. The molecule has 0 bridgehead atoms. The van der Waals surface area contributed by atoms with Crippen molar-refractivity contribution < 1.29 is 4.79 Å². The highest BCUT2D eigenvalue weighted by atomic mass is 35.5. The maximum Gasteiger partial charge on any atom is 0.251 e. The molecule has 92 valence electrons. The minimum Gasteiger partial charge on any atom is -0.366 e. The topological polar surface area (TPSA) is 72.9 Å². The molecule has 1 amide bonds. The van der Waals surface area contributed by atoms with Gasteiger partial charge in [-0.2, -0.15) is 5.10 Å². The highest BCUT2D eigenvalue weighted by Gasteiger charge is 2.16. The van der Waals surface area contributed by atoms with E-state index >= 15 is 0 Å². The van der Waals surface area contributed by atoms with Crippen LogP contribution in [0.25, 0.3) is 0 Å². The summed E-state index contributed by atoms with van der Waals surface area (Å²) in [5, 5.41) is 7.43. The van der Waals surface area contributed by atoms with E-state index in [0.29, 0.717) is 11.6 Å². The van der Waals surface area contributed by atoms with Crippen molar-refractivity contribution in [1.82, 2.24) is 15.1 Å². The molecule has 1 saturated heterocycles. The Bertz CT molecular complexity index is 336. The minimum absolute atomic E-state index is 0. The predicted octanol–water partition coefficient (Wildman–Crippen LogP) is 0.750. The number of halogens is 2. The number of carbonyl (C=O) groups excluding carboxylic acids is 1. The van der Waals surface area contributed by atoms with Crippen molar-refractivity contribution in [1.29, 1.82) is 0 Å². The number of aromatic nitrogens is 2. The van der Waals surface area contributed by atoms with Crippen LogP contribution >= 0.6 is 24.8 Å². The maximum atomic E-state index is 10.9. The summed E-state index contributed by atoms with van der Waals surface area (Å²) in [6.07, 6.45) is 5.38. The third kappa shape index (κ3) is 3.37. The van der Waals surface area contributed by atoms with Crippen LogP contribution in [0.3, 0.4) is 0 Å². The van der Waals surface area contributed by atoms with E-state index in [1.807, 2.05) is 4.68 Å². The molecule has 1 aliphatic heterocycles. The van der Waals surface area contributed by atoms with Crippen molar-refractivity contribution >= 4 is 30.7 Å². The summed E-state index contributed by atoms with van der Waals surface area (Å²) in [5.74, 6) is -0.412. The highest BCUT2D eigenvalue weighted by Crippen LogP contribution is 2.17. The van der Waals surface area contributed by atoms with Crippen LogP contribution in [-0.2, 0) is 0 Å². The van der Waals surface area contributed by atoms with E-state index < -0.39 is 5.91 Å². The summed E-state index contributed by atoms with van der Waals surface area (Å²) in [6.45, 7) is 2.02. The van der Waals surface area contributed by atoms with E-state index in [1.165, 1.54) is 6.20 Å². The quantitative estimate of drug-likeness (QED) is 0.830. The Morgan fingerprint density at radius 2 is 2.06 bits per heavy atom. The number of carbonyl (C=O) groups is 1. The second-order valence-electron chi connectivity index (χ2n) is 3.55. The number of hydrogen-bond acceptors (Lipinski definition) is 3. The summed E-state index contributed by atoms with van der Waals surface area (Å²) in [7, 11) is 0. The molecular weight excluding hydrogens is 251 g/mol. The Kier molecular flexibility index (Phi) is 6.40. The van der Waals surface area contributed by atoms with E-state index in [9.17, 15) is 4.79 Å². The first-order chi connectivity index (χ1) is 6.77. The summed E-state index contributed by atoms with van der Waals surface area (Å²) in [4.78, 5) is 10.9. The van der Waals surface area contributed by atoms with Crippen LogP contribution in [0.1, 0.15) is 29.2 Å². The van der Waals surface area contributed by atoms with E-state index in [1.54, 1.807) is 6.20 Å². The van der Waals surface area contributed by atoms with Gasteiger partial charge in [-0.25, -0.2) is 0 Å². The normalized spacial score (nSPS) is 16.0. The molecule has 1 aliphatic rings. The summed E-state index contributed by atoms with van der Waals surface area (Å²) in [6, 6.07) is 0.407. The highest BCUT2D eigenvalue weighted by molar-refractivity contribution is 5.92. The molecule has 0 atom stereocenters. The lowest BCUT2D eigenvalue weighted by molar-refractivity contribution is 0.1000. The van der Waals surface area contributed by atoms with Crippen LogP contribution in [0.5, 0.6) is 0 Å². The molecule has 5 nitrogen and oxygen atoms in total. The van der Waals surface area contributed by atoms with Crippen molar-refractivity contribution in [3.8, 4) is 0 Å². The van der Waals surface area contributed by atoms with Gasteiger partial charge in [0.05, 0.1) is 17.8 Å². The average molecular weight is 267 g/mol. The van der Waals surface area contributed by atoms with E-state index in [4.69, 9.17) is 5.73 Å². The van der Waals surface area contributed by atoms with Gasteiger partial charge >= 0.3 is 0 Å². The molecule has 0 unspecified atom stereocenters. The second-order valence-corrected chi connectivity index (χ2v) is 3.55. The van der Waals surface area contributed by atoms with Crippen LogP contribution < -0.4 is 11.1 Å². The van der Waals surface area contributed by atoms with Gasteiger partial charge in [0, 0.05) is 6.20 Å². The van der Waals surface area contributed by atoms with Gasteiger partial charge in [0.1, 0.15) is 0 Å². The first-order valence-electron chi connectivity index (χ1n) is 4.82. The van der Waals surface area contributed by atoms with Gasteiger partial charge in [-0.15, -0.1) is 24.8 Å². The smallest absolute Gasteiger partial charge is 0.251 e. The Morgan fingerprint density at radius 1 is 1.44 bits per heavy atom. The number of hydrogen-bond donors (Lipinski definition) is 2. The Labute approximate surface area is 107 Å². The number of nitrogens with zero attached hydrogens (tertiary/aromatic N) is 2. The van der Waals surface area contributed by atoms with Gasteiger partial charge < -0.3 is 11.1 Å².